The normalized spacial score (nSPS) is 12.1. The van der Waals surface area contributed by atoms with Crippen molar-refractivity contribution in [1.82, 2.24) is 5.32 Å². The second-order valence-electron chi connectivity index (χ2n) is 4.98. The highest BCUT2D eigenvalue weighted by Crippen LogP contribution is 2.08. The summed E-state index contributed by atoms with van der Waals surface area (Å²) in [6.45, 7) is 8.11. The minimum absolute atomic E-state index is 0. The van der Waals surface area contributed by atoms with Gasteiger partial charge in [0.1, 0.15) is 0 Å². The van der Waals surface area contributed by atoms with Crippen molar-refractivity contribution in [3.8, 4) is 0 Å². The third kappa shape index (κ3) is 12.0. The Bertz CT molecular complexity index is 186. The van der Waals surface area contributed by atoms with E-state index >= 15 is 0 Å². The van der Waals surface area contributed by atoms with Gasteiger partial charge in [0.05, 0.1) is 0 Å². The monoisotopic (exact) mass is 264 g/mol. The molecule has 0 heterocycles. The van der Waals surface area contributed by atoms with Gasteiger partial charge in [-0.25, -0.2) is 0 Å². The van der Waals surface area contributed by atoms with E-state index in [1.807, 2.05) is 0 Å². The first-order valence-electron chi connectivity index (χ1n) is 6.54. The SMILES string of the molecule is CC(C)C(C)CNC(=O)CCCCCCN.Cl. The van der Waals surface area contributed by atoms with E-state index in [0.717, 1.165) is 38.8 Å². The summed E-state index contributed by atoms with van der Waals surface area (Å²) in [5, 5.41) is 2.99. The number of amides is 1. The van der Waals surface area contributed by atoms with Crippen LogP contribution in [-0.4, -0.2) is 19.0 Å². The molecule has 0 aromatic rings. The molecule has 0 aromatic heterocycles. The van der Waals surface area contributed by atoms with Crippen molar-refractivity contribution in [2.75, 3.05) is 13.1 Å². The number of unbranched alkanes of at least 4 members (excludes halogenated alkanes) is 3. The van der Waals surface area contributed by atoms with Gasteiger partial charge in [-0.15, -0.1) is 12.4 Å². The van der Waals surface area contributed by atoms with Gasteiger partial charge in [0, 0.05) is 13.0 Å². The fourth-order valence-corrected chi connectivity index (χ4v) is 1.38. The Balaban J connectivity index is 0. The maximum Gasteiger partial charge on any atom is 0.220 e. The maximum absolute atomic E-state index is 11.5. The van der Waals surface area contributed by atoms with Gasteiger partial charge in [-0.3, -0.25) is 4.79 Å². The molecule has 0 fully saturated rings. The van der Waals surface area contributed by atoms with E-state index in [1.54, 1.807) is 0 Å². The van der Waals surface area contributed by atoms with Gasteiger partial charge in [-0.05, 0) is 31.2 Å². The molecule has 0 aliphatic rings. The predicted octanol–water partition coefficient (Wildman–Crippen LogP) is 2.73. The predicted molar refractivity (Wildman–Crippen MR) is 76.4 cm³/mol. The molecule has 0 aromatic carbocycles. The van der Waals surface area contributed by atoms with Crippen molar-refractivity contribution in [2.24, 2.45) is 17.6 Å². The van der Waals surface area contributed by atoms with Gasteiger partial charge >= 0.3 is 0 Å². The van der Waals surface area contributed by atoms with Crippen LogP contribution in [0.3, 0.4) is 0 Å². The summed E-state index contributed by atoms with van der Waals surface area (Å²) in [7, 11) is 0. The molecule has 0 saturated heterocycles. The highest BCUT2D eigenvalue weighted by atomic mass is 35.5. The van der Waals surface area contributed by atoms with E-state index in [1.165, 1.54) is 0 Å². The van der Waals surface area contributed by atoms with Crippen LogP contribution in [0.1, 0.15) is 52.9 Å². The Morgan fingerprint density at radius 2 is 1.71 bits per heavy atom. The van der Waals surface area contributed by atoms with E-state index in [9.17, 15) is 4.79 Å². The second-order valence-corrected chi connectivity index (χ2v) is 4.98. The number of nitrogens with one attached hydrogen (secondary N) is 1. The number of hydrogen-bond acceptors (Lipinski definition) is 2. The first-order valence-corrected chi connectivity index (χ1v) is 6.54. The molecule has 1 amide bonds. The fraction of sp³-hybridized carbons (Fsp3) is 0.923. The third-order valence-electron chi connectivity index (χ3n) is 3.12. The zero-order valence-corrected chi connectivity index (χ0v) is 12.3. The van der Waals surface area contributed by atoms with Gasteiger partial charge in [0.15, 0.2) is 0 Å². The zero-order valence-electron chi connectivity index (χ0n) is 11.5. The summed E-state index contributed by atoms with van der Waals surface area (Å²) in [5.74, 6) is 1.38. The number of nitrogens with two attached hydrogens (primary N) is 1. The molecule has 17 heavy (non-hydrogen) atoms. The summed E-state index contributed by atoms with van der Waals surface area (Å²) in [6, 6.07) is 0. The molecule has 0 radical (unpaired) electrons. The Morgan fingerprint density at radius 3 is 2.24 bits per heavy atom. The summed E-state index contributed by atoms with van der Waals surface area (Å²) in [5.41, 5.74) is 5.40. The van der Waals surface area contributed by atoms with Crippen LogP contribution < -0.4 is 11.1 Å². The summed E-state index contributed by atoms with van der Waals surface area (Å²) >= 11 is 0. The minimum atomic E-state index is 0. The number of carbonyl (C=O) groups excluding carboxylic acids is 1. The van der Waals surface area contributed by atoms with Crippen LogP contribution in [0.25, 0.3) is 0 Å². The molecule has 104 valence electrons. The van der Waals surface area contributed by atoms with Crippen molar-refractivity contribution in [1.29, 1.82) is 0 Å². The van der Waals surface area contributed by atoms with Gasteiger partial charge in [-0.1, -0.05) is 33.6 Å². The molecular formula is C13H29ClN2O. The molecule has 0 rings (SSSR count). The molecule has 0 aliphatic heterocycles. The molecule has 1 unspecified atom stereocenters. The largest absolute Gasteiger partial charge is 0.356 e. The zero-order chi connectivity index (χ0) is 12.4. The average molecular weight is 265 g/mol. The molecule has 0 saturated carbocycles. The van der Waals surface area contributed by atoms with Gasteiger partial charge in [0.25, 0.3) is 0 Å². The number of hydrogen-bond donors (Lipinski definition) is 2. The summed E-state index contributed by atoms with van der Waals surface area (Å²) in [4.78, 5) is 11.5. The third-order valence-corrected chi connectivity index (χ3v) is 3.12. The standard InChI is InChI=1S/C13H28N2O.ClH/c1-11(2)12(3)10-15-13(16)8-6-4-5-7-9-14;/h11-12H,4-10,14H2,1-3H3,(H,15,16);1H. The van der Waals surface area contributed by atoms with Gasteiger partial charge < -0.3 is 11.1 Å². The van der Waals surface area contributed by atoms with Crippen LogP contribution in [0.5, 0.6) is 0 Å². The van der Waals surface area contributed by atoms with Crippen LogP contribution in [0.15, 0.2) is 0 Å². The smallest absolute Gasteiger partial charge is 0.220 e. The highest BCUT2D eigenvalue weighted by molar-refractivity contribution is 5.85. The van der Waals surface area contributed by atoms with E-state index in [-0.39, 0.29) is 18.3 Å². The van der Waals surface area contributed by atoms with Crippen LogP contribution in [-0.2, 0) is 4.79 Å². The Kier molecular flexibility index (Phi) is 13.7. The number of halogens is 1. The summed E-state index contributed by atoms with van der Waals surface area (Å²) in [6.07, 6.45) is 4.99. The lowest BCUT2D eigenvalue weighted by Gasteiger charge is -2.15. The number of carbonyl (C=O) groups is 1. The molecular weight excluding hydrogens is 236 g/mol. The van der Waals surface area contributed by atoms with Gasteiger partial charge in [-0.2, -0.15) is 0 Å². The Morgan fingerprint density at radius 1 is 1.12 bits per heavy atom. The molecule has 1 atom stereocenters. The molecule has 3 N–H and O–H groups in total. The maximum atomic E-state index is 11.5. The molecule has 4 heteroatoms. The van der Waals surface area contributed by atoms with E-state index in [0.29, 0.717) is 18.3 Å². The van der Waals surface area contributed by atoms with Crippen molar-refractivity contribution >= 4 is 18.3 Å². The Hall–Kier alpha value is -0.280. The van der Waals surface area contributed by atoms with Gasteiger partial charge in [0.2, 0.25) is 5.91 Å². The van der Waals surface area contributed by atoms with E-state index < -0.39 is 0 Å². The second kappa shape index (κ2) is 12.2. The van der Waals surface area contributed by atoms with Crippen molar-refractivity contribution in [3.63, 3.8) is 0 Å². The lowest BCUT2D eigenvalue weighted by Crippen LogP contribution is -2.29. The van der Waals surface area contributed by atoms with Crippen LogP contribution in [0, 0.1) is 11.8 Å². The fourth-order valence-electron chi connectivity index (χ4n) is 1.38. The Labute approximate surface area is 112 Å². The molecule has 0 bridgehead atoms. The summed E-state index contributed by atoms with van der Waals surface area (Å²) < 4.78 is 0. The number of rotatable bonds is 9. The van der Waals surface area contributed by atoms with Crippen LogP contribution >= 0.6 is 12.4 Å². The minimum Gasteiger partial charge on any atom is -0.356 e. The average Bonchev–Trinajstić information content (AvgIpc) is 2.25. The molecule has 3 nitrogen and oxygen atoms in total. The molecule has 0 spiro atoms. The highest BCUT2D eigenvalue weighted by Gasteiger charge is 2.08. The van der Waals surface area contributed by atoms with Crippen LogP contribution in [0.2, 0.25) is 0 Å². The lowest BCUT2D eigenvalue weighted by atomic mass is 9.98. The topological polar surface area (TPSA) is 55.1 Å². The van der Waals surface area contributed by atoms with Crippen molar-refractivity contribution in [3.05, 3.63) is 0 Å². The van der Waals surface area contributed by atoms with E-state index in [2.05, 4.69) is 26.1 Å². The van der Waals surface area contributed by atoms with E-state index in [4.69, 9.17) is 5.73 Å². The molecule has 0 aliphatic carbocycles. The van der Waals surface area contributed by atoms with Crippen molar-refractivity contribution < 1.29 is 4.79 Å². The first kappa shape index (κ1) is 19.1. The lowest BCUT2D eigenvalue weighted by molar-refractivity contribution is -0.121. The van der Waals surface area contributed by atoms with Crippen molar-refractivity contribution in [2.45, 2.75) is 52.9 Å². The first-order chi connectivity index (χ1) is 7.57. The van der Waals surface area contributed by atoms with Crippen LogP contribution in [0.4, 0.5) is 0 Å². The quantitative estimate of drug-likeness (QED) is 0.629.